The first-order chi connectivity index (χ1) is 10.7. The summed E-state index contributed by atoms with van der Waals surface area (Å²) < 4.78 is 0. The van der Waals surface area contributed by atoms with Crippen molar-refractivity contribution < 1.29 is 0 Å². The molecule has 2 N–H and O–H groups in total. The molecule has 0 amide bonds. The van der Waals surface area contributed by atoms with E-state index in [1.54, 1.807) is 0 Å². The molecule has 2 rings (SSSR count). The number of hydrogen-bond donors (Lipinski definition) is 2. The minimum atomic E-state index is 0.332. The second kappa shape index (κ2) is 9.02. The van der Waals surface area contributed by atoms with Gasteiger partial charge in [-0.15, -0.1) is 0 Å². The number of rotatable bonds is 6. The third-order valence-electron chi connectivity index (χ3n) is 5.09. The van der Waals surface area contributed by atoms with E-state index < -0.39 is 0 Å². The van der Waals surface area contributed by atoms with Gasteiger partial charge in [-0.1, -0.05) is 19.8 Å². The summed E-state index contributed by atoms with van der Waals surface area (Å²) in [5.74, 6) is 3.57. The summed E-state index contributed by atoms with van der Waals surface area (Å²) in [5.41, 5.74) is 0.332. The highest BCUT2D eigenvalue weighted by atomic mass is 32.2. The van der Waals surface area contributed by atoms with Gasteiger partial charge in [0.25, 0.3) is 0 Å². The van der Waals surface area contributed by atoms with Crippen LogP contribution in [0.15, 0.2) is 4.99 Å². The second-order valence-corrected chi connectivity index (χ2v) is 7.90. The van der Waals surface area contributed by atoms with Crippen molar-refractivity contribution in [3.63, 3.8) is 0 Å². The Balaban J connectivity index is 2.03. The molecule has 1 saturated heterocycles. The van der Waals surface area contributed by atoms with Crippen molar-refractivity contribution in [2.24, 2.45) is 4.99 Å². The van der Waals surface area contributed by atoms with Gasteiger partial charge >= 0.3 is 0 Å². The van der Waals surface area contributed by atoms with Crippen molar-refractivity contribution in [2.45, 2.75) is 64.5 Å². The molecule has 1 unspecified atom stereocenters. The number of aliphatic imine (C=N–C) groups is 1. The summed E-state index contributed by atoms with van der Waals surface area (Å²) in [6.45, 7) is 10.9. The van der Waals surface area contributed by atoms with E-state index in [0.29, 0.717) is 11.6 Å². The molecular formula is C17H34N4S. The number of thioether (sulfide) groups is 1. The smallest absolute Gasteiger partial charge is 0.191 e. The van der Waals surface area contributed by atoms with Gasteiger partial charge in [0.2, 0.25) is 0 Å². The number of nitrogens with one attached hydrogen (secondary N) is 2. The Morgan fingerprint density at radius 2 is 1.91 bits per heavy atom. The molecule has 0 radical (unpaired) electrons. The highest BCUT2D eigenvalue weighted by Crippen LogP contribution is 2.37. The van der Waals surface area contributed by atoms with Gasteiger partial charge in [0.15, 0.2) is 5.96 Å². The fourth-order valence-corrected chi connectivity index (χ4v) is 4.43. The van der Waals surface area contributed by atoms with Gasteiger partial charge in [0, 0.05) is 42.7 Å². The summed E-state index contributed by atoms with van der Waals surface area (Å²) >= 11 is 2.10. The van der Waals surface area contributed by atoms with Crippen molar-refractivity contribution in [1.82, 2.24) is 15.5 Å². The van der Waals surface area contributed by atoms with E-state index in [1.807, 2.05) is 0 Å². The zero-order chi connectivity index (χ0) is 15.8. The molecule has 22 heavy (non-hydrogen) atoms. The maximum atomic E-state index is 4.98. The molecule has 0 bridgehead atoms. The molecule has 4 nitrogen and oxygen atoms in total. The van der Waals surface area contributed by atoms with E-state index in [1.165, 1.54) is 50.3 Å². The van der Waals surface area contributed by atoms with E-state index in [9.17, 15) is 0 Å². The molecule has 2 fully saturated rings. The zero-order valence-electron chi connectivity index (χ0n) is 14.7. The van der Waals surface area contributed by atoms with Crippen LogP contribution in [0.4, 0.5) is 0 Å². The van der Waals surface area contributed by atoms with E-state index in [-0.39, 0.29) is 0 Å². The van der Waals surface area contributed by atoms with Crippen LogP contribution >= 0.6 is 11.8 Å². The Morgan fingerprint density at radius 1 is 1.23 bits per heavy atom. The summed E-state index contributed by atoms with van der Waals surface area (Å²) in [5, 5.41) is 6.94. The van der Waals surface area contributed by atoms with Crippen molar-refractivity contribution in [1.29, 1.82) is 0 Å². The normalized spacial score (nSPS) is 24.2. The van der Waals surface area contributed by atoms with Gasteiger partial charge in [-0.05, 0) is 33.1 Å². The van der Waals surface area contributed by atoms with Crippen LogP contribution in [0, 0.1) is 0 Å². The monoisotopic (exact) mass is 326 g/mol. The molecule has 0 aromatic heterocycles. The first-order valence-corrected chi connectivity index (χ1v) is 10.2. The molecule has 1 saturated carbocycles. The molecule has 1 aliphatic carbocycles. The van der Waals surface area contributed by atoms with Crippen molar-refractivity contribution in [3.8, 4) is 0 Å². The molecular weight excluding hydrogens is 292 g/mol. The van der Waals surface area contributed by atoms with Gasteiger partial charge in [0.05, 0.1) is 6.54 Å². The van der Waals surface area contributed by atoms with Gasteiger partial charge in [-0.3, -0.25) is 9.89 Å². The lowest BCUT2D eigenvalue weighted by molar-refractivity contribution is 0.112. The molecule has 0 aromatic carbocycles. The molecule has 5 heteroatoms. The van der Waals surface area contributed by atoms with Gasteiger partial charge < -0.3 is 10.6 Å². The Labute approximate surface area is 140 Å². The van der Waals surface area contributed by atoms with Crippen molar-refractivity contribution in [3.05, 3.63) is 0 Å². The first kappa shape index (κ1) is 17.9. The molecule has 0 spiro atoms. The third-order valence-corrected chi connectivity index (χ3v) is 6.03. The number of guanidine groups is 1. The average molecular weight is 327 g/mol. The van der Waals surface area contributed by atoms with Crippen LogP contribution in [0.3, 0.4) is 0 Å². The summed E-state index contributed by atoms with van der Waals surface area (Å²) in [6, 6.07) is 0.476. The maximum Gasteiger partial charge on any atom is 0.191 e. The Bertz CT molecular complexity index is 347. The SMILES string of the molecule is CCNC(=NCC1(N2CCSCC2)CCCC1)NC(C)CC. The largest absolute Gasteiger partial charge is 0.357 e. The molecule has 1 aliphatic heterocycles. The molecule has 2 aliphatic rings. The molecule has 1 heterocycles. The van der Waals surface area contributed by atoms with Crippen LogP contribution in [-0.2, 0) is 0 Å². The average Bonchev–Trinajstić information content (AvgIpc) is 3.04. The summed E-state index contributed by atoms with van der Waals surface area (Å²) in [7, 11) is 0. The van der Waals surface area contributed by atoms with Crippen molar-refractivity contribution >= 4 is 17.7 Å². The fraction of sp³-hybridized carbons (Fsp3) is 0.941. The summed E-state index contributed by atoms with van der Waals surface area (Å²) in [6.07, 6.45) is 6.51. The van der Waals surface area contributed by atoms with E-state index in [0.717, 1.165) is 25.5 Å². The van der Waals surface area contributed by atoms with E-state index >= 15 is 0 Å². The lowest BCUT2D eigenvalue weighted by Gasteiger charge is -2.42. The highest BCUT2D eigenvalue weighted by Gasteiger charge is 2.39. The van der Waals surface area contributed by atoms with Crippen LogP contribution in [0.1, 0.15) is 52.9 Å². The highest BCUT2D eigenvalue weighted by molar-refractivity contribution is 7.99. The zero-order valence-corrected chi connectivity index (χ0v) is 15.5. The van der Waals surface area contributed by atoms with E-state index in [4.69, 9.17) is 4.99 Å². The minimum Gasteiger partial charge on any atom is -0.357 e. The minimum absolute atomic E-state index is 0.332. The van der Waals surface area contributed by atoms with Gasteiger partial charge in [0.1, 0.15) is 0 Å². The predicted molar refractivity (Wildman–Crippen MR) is 99.0 cm³/mol. The third kappa shape index (κ3) is 4.79. The number of nitrogens with zero attached hydrogens (tertiary/aromatic N) is 2. The lowest BCUT2D eigenvalue weighted by atomic mass is 9.95. The summed E-state index contributed by atoms with van der Waals surface area (Å²) in [4.78, 5) is 7.72. The second-order valence-electron chi connectivity index (χ2n) is 6.68. The van der Waals surface area contributed by atoms with Gasteiger partial charge in [-0.2, -0.15) is 11.8 Å². The van der Waals surface area contributed by atoms with Crippen LogP contribution in [0.25, 0.3) is 0 Å². The maximum absolute atomic E-state index is 4.98. The fourth-order valence-electron chi connectivity index (χ4n) is 3.53. The van der Waals surface area contributed by atoms with E-state index in [2.05, 4.69) is 48.1 Å². The van der Waals surface area contributed by atoms with Crippen LogP contribution < -0.4 is 10.6 Å². The quantitative estimate of drug-likeness (QED) is 0.581. The standard InChI is InChI=1S/C17H34N4S/c1-4-15(3)20-16(18-5-2)19-14-17(8-6-7-9-17)21-10-12-22-13-11-21/h15H,4-14H2,1-3H3,(H2,18,19,20). The Kier molecular flexibility index (Phi) is 7.35. The van der Waals surface area contributed by atoms with Gasteiger partial charge in [-0.25, -0.2) is 0 Å². The molecule has 128 valence electrons. The van der Waals surface area contributed by atoms with Crippen LogP contribution in [0.2, 0.25) is 0 Å². The molecule has 0 aromatic rings. The van der Waals surface area contributed by atoms with Crippen molar-refractivity contribution in [2.75, 3.05) is 37.7 Å². The Morgan fingerprint density at radius 3 is 2.50 bits per heavy atom. The predicted octanol–water partition coefficient (Wildman–Crippen LogP) is 2.70. The topological polar surface area (TPSA) is 39.7 Å². The lowest BCUT2D eigenvalue weighted by Crippen LogP contribution is -2.53. The van der Waals surface area contributed by atoms with Crippen LogP contribution in [-0.4, -0.2) is 60.1 Å². The van der Waals surface area contributed by atoms with Crippen LogP contribution in [0.5, 0.6) is 0 Å². The molecule has 1 atom stereocenters. The number of hydrogen-bond acceptors (Lipinski definition) is 3. The Hall–Kier alpha value is -0.420. The first-order valence-electron chi connectivity index (χ1n) is 9.08.